The second-order valence-electron chi connectivity index (χ2n) is 6.07. The minimum absolute atomic E-state index is 0.211. The lowest BCUT2D eigenvalue weighted by atomic mass is 10.1. The zero-order chi connectivity index (χ0) is 19.1. The highest BCUT2D eigenvalue weighted by Gasteiger charge is 2.12. The molecule has 7 heteroatoms. The van der Waals surface area contributed by atoms with Crippen molar-refractivity contribution in [3.8, 4) is 17.6 Å². The molecule has 3 rings (SSSR count). The van der Waals surface area contributed by atoms with Gasteiger partial charge in [-0.15, -0.1) is 0 Å². The maximum atomic E-state index is 11.8. The molecule has 0 saturated carbocycles. The Balaban J connectivity index is 1.38. The van der Waals surface area contributed by atoms with Crippen LogP contribution in [0.2, 0.25) is 0 Å². The van der Waals surface area contributed by atoms with Crippen molar-refractivity contribution >= 4 is 11.8 Å². The maximum absolute atomic E-state index is 11.8. The van der Waals surface area contributed by atoms with E-state index in [1.165, 1.54) is 11.1 Å². The van der Waals surface area contributed by atoms with Crippen LogP contribution in [-0.2, 0) is 22.4 Å². The van der Waals surface area contributed by atoms with Crippen molar-refractivity contribution < 1.29 is 19.1 Å². The normalized spacial score (nSPS) is 11.8. The third kappa shape index (κ3) is 4.98. The molecule has 2 N–H and O–H groups in total. The van der Waals surface area contributed by atoms with E-state index in [0.29, 0.717) is 17.1 Å². The summed E-state index contributed by atoms with van der Waals surface area (Å²) in [6.45, 7) is -0.540. The standard InChI is InChI=1S/C20H19N3O4/c21-11-16-4-1-2-7-18(16)27-13-20(25)23-22-19(24)12-26-17-9-8-14-5-3-6-15(14)10-17/h1-2,4,7-10H,3,5-6,12-13H2,(H,22,24)(H,23,25). The van der Waals surface area contributed by atoms with Gasteiger partial charge in [0, 0.05) is 0 Å². The number of nitrogens with one attached hydrogen (secondary N) is 2. The molecule has 1 aliphatic carbocycles. The van der Waals surface area contributed by atoms with Gasteiger partial charge in [-0.3, -0.25) is 20.4 Å². The molecule has 0 bridgehead atoms. The van der Waals surface area contributed by atoms with E-state index in [2.05, 4.69) is 10.9 Å². The number of ether oxygens (including phenoxy) is 2. The van der Waals surface area contributed by atoms with Gasteiger partial charge in [-0.1, -0.05) is 18.2 Å². The fourth-order valence-electron chi connectivity index (χ4n) is 2.83. The molecule has 0 atom stereocenters. The van der Waals surface area contributed by atoms with Crippen molar-refractivity contribution in [1.82, 2.24) is 10.9 Å². The van der Waals surface area contributed by atoms with Crippen molar-refractivity contribution in [3.63, 3.8) is 0 Å². The number of para-hydroxylation sites is 1. The number of fused-ring (bicyclic) bond motifs is 1. The van der Waals surface area contributed by atoms with Crippen LogP contribution in [0.3, 0.4) is 0 Å². The molecule has 0 radical (unpaired) electrons. The van der Waals surface area contributed by atoms with Crippen LogP contribution in [0.15, 0.2) is 42.5 Å². The lowest BCUT2D eigenvalue weighted by Crippen LogP contribution is -2.45. The second-order valence-corrected chi connectivity index (χ2v) is 6.07. The highest BCUT2D eigenvalue weighted by atomic mass is 16.5. The van der Waals surface area contributed by atoms with Crippen molar-refractivity contribution in [2.24, 2.45) is 0 Å². The van der Waals surface area contributed by atoms with Crippen molar-refractivity contribution in [1.29, 1.82) is 5.26 Å². The van der Waals surface area contributed by atoms with E-state index in [-0.39, 0.29) is 13.2 Å². The van der Waals surface area contributed by atoms with Gasteiger partial charge >= 0.3 is 0 Å². The van der Waals surface area contributed by atoms with Crippen LogP contribution < -0.4 is 20.3 Å². The van der Waals surface area contributed by atoms with E-state index in [9.17, 15) is 9.59 Å². The smallest absolute Gasteiger partial charge is 0.276 e. The van der Waals surface area contributed by atoms with Crippen molar-refractivity contribution in [3.05, 3.63) is 59.2 Å². The first-order valence-corrected chi connectivity index (χ1v) is 8.60. The van der Waals surface area contributed by atoms with Gasteiger partial charge in [0.2, 0.25) is 0 Å². The summed E-state index contributed by atoms with van der Waals surface area (Å²) < 4.78 is 10.7. The number of carbonyl (C=O) groups excluding carboxylic acids is 2. The largest absolute Gasteiger partial charge is 0.484 e. The number of carbonyl (C=O) groups is 2. The number of nitrogens with zero attached hydrogens (tertiary/aromatic N) is 1. The lowest BCUT2D eigenvalue weighted by Gasteiger charge is -2.11. The SMILES string of the molecule is N#Cc1ccccc1OCC(=O)NNC(=O)COc1ccc2c(c1)CCC2. The Morgan fingerprint density at radius 2 is 1.67 bits per heavy atom. The number of nitriles is 1. The number of hydrogen-bond acceptors (Lipinski definition) is 5. The Bertz CT molecular complexity index is 889. The number of hydrogen-bond donors (Lipinski definition) is 2. The number of rotatable bonds is 6. The minimum atomic E-state index is -0.548. The Morgan fingerprint density at radius 1 is 0.963 bits per heavy atom. The molecule has 27 heavy (non-hydrogen) atoms. The number of amides is 2. The van der Waals surface area contributed by atoms with Gasteiger partial charge in [-0.25, -0.2) is 0 Å². The fourth-order valence-corrected chi connectivity index (χ4v) is 2.83. The Labute approximate surface area is 156 Å². The summed E-state index contributed by atoms with van der Waals surface area (Å²) in [6.07, 6.45) is 3.26. The average Bonchev–Trinajstić information content (AvgIpc) is 3.17. The summed E-state index contributed by atoms with van der Waals surface area (Å²) in [4.78, 5) is 23.5. The van der Waals surface area contributed by atoms with E-state index >= 15 is 0 Å². The predicted molar refractivity (Wildman–Crippen MR) is 96.9 cm³/mol. The van der Waals surface area contributed by atoms with Gasteiger partial charge in [0.05, 0.1) is 5.56 Å². The van der Waals surface area contributed by atoms with Crippen LogP contribution in [0.25, 0.3) is 0 Å². The fraction of sp³-hybridized carbons (Fsp3) is 0.250. The Hall–Kier alpha value is -3.53. The predicted octanol–water partition coefficient (Wildman–Crippen LogP) is 1.65. The highest BCUT2D eigenvalue weighted by Crippen LogP contribution is 2.25. The second kappa shape index (κ2) is 8.72. The molecular weight excluding hydrogens is 346 g/mol. The van der Waals surface area contributed by atoms with E-state index in [1.54, 1.807) is 24.3 Å². The molecule has 138 valence electrons. The molecule has 0 saturated heterocycles. The molecule has 0 fully saturated rings. The van der Waals surface area contributed by atoms with Gasteiger partial charge in [0.25, 0.3) is 11.8 Å². The monoisotopic (exact) mass is 365 g/mol. The molecule has 2 aromatic carbocycles. The average molecular weight is 365 g/mol. The van der Waals surface area contributed by atoms with Crippen LogP contribution in [0.1, 0.15) is 23.1 Å². The molecule has 0 heterocycles. The van der Waals surface area contributed by atoms with Crippen molar-refractivity contribution in [2.45, 2.75) is 19.3 Å². The molecule has 0 aromatic heterocycles. The van der Waals surface area contributed by atoms with Crippen molar-refractivity contribution in [2.75, 3.05) is 13.2 Å². The van der Waals surface area contributed by atoms with Crippen LogP contribution in [-0.4, -0.2) is 25.0 Å². The summed E-state index contributed by atoms with van der Waals surface area (Å²) in [6, 6.07) is 14.4. The molecular formula is C20H19N3O4. The zero-order valence-electron chi connectivity index (χ0n) is 14.7. The Kier molecular flexibility index (Phi) is 5.90. The number of hydrazine groups is 1. The van der Waals surface area contributed by atoms with E-state index in [0.717, 1.165) is 19.3 Å². The first kappa shape index (κ1) is 18.3. The van der Waals surface area contributed by atoms with Gasteiger partial charge in [0.15, 0.2) is 13.2 Å². The third-order valence-electron chi connectivity index (χ3n) is 4.15. The van der Waals surface area contributed by atoms with Gasteiger partial charge in [0.1, 0.15) is 17.6 Å². The minimum Gasteiger partial charge on any atom is -0.484 e. The first-order valence-electron chi connectivity index (χ1n) is 8.60. The molecule has 0 spiro atoms. The summed E-state index contributed by atoms with van der Waals surface area (Å²) in [5.74, 6) is -0.0927. The zero-order valence-corrected chi connectivity index (χ0v) is 14.7. The number of aryl methyl sites for hydroxylation is 2. The van der Waals surface area contributed by atoms with Crippen LogP contribution in [0.4, 0.5) is 0 Å². The van der Waals surface area contributed by atoms with Crippen LogP contribution in [0, 0.1) is 11.3 Å². The third-order valence-corrected chi connectivity index (χ3v) is 4.15. The first-order chi connectivity index (χ1) is 13.2. The van der Waals surface area contributed by atoms with Crippen LogP contribution >= 0.6 is 0 Å². The Morgan fingerprint density at radius 3 is 2.44 bits per heavy atom. The van der Waals surface area contributed by atoms with E-state index in [4.69, 9.17) is 14.7 Å². The molecule has 7 nitrogen and oxygen atoms in total. The van der Waals surface area contributed by atoms with Gasteiger partial charge in [-0.2, -0.15) is 5.26 Å². The summed E-state index contributed by atoms with van der Waals surface area (Å²) >= 11 is 0. The summed E-state index contributed by atoms with van der Waals surface area (Å²) in [7, 11) is 0. The molecule has 0 unspecified atom stereocenters. The number of benzene rings is 2. The highest BCUT2D eigenvalue weighted by molar-refractivity contribution is 5.83. The molecule has 1 aliphatic rings. The van der Waals surface area contributed by atoms with E-state index < -0.39 is 11.8 Å². The van der Waals surface area contributed by atoms with Gasteiger partial charge in [-0.05, 0) is 54.7 Å². The van der Waals surface area contributed by atoms with Crippen LogP contribution in [0.5, 0.6) is 11.5 Å². The molecule has 0 aliphatic heterocycles. The lowest BCUT2D eigenvalue weighted by molar-refractivity contribution is -0.131. The quantitative estimate of drug-likeness (QED) is 0.758. The maximum Gasteiger partial charge on any atom is 0.276 e. The molecule has 2 amide bonds. The topological polar surface area (TPSA) is 100 Å². The molecule has 2 aromatic rings. The van der Waals surface area contributed by atoms with Gasteiger partial charge < -0.3 is 9.47 Å². The summed E-state index contributed by atoms with van der Waals surface area (Å²) in [5, 5.41) is 8.96. The summed E-state index contributed by atoms with van der Waals surface area (Å²) in [5.41, 5.74) is 7.42. The van der Waals surface area contributed by atoms with E-state index in [1.807, 2.05) is 24.3 Å².